The molecule has 0 fully saturated rings. The highest BCUT2D eigenvalue weighted by molar-refractivity contribution is 5.74. The molecule has 0 saturated carbocycles. The van der Waals surface area contributed by atoms with Crippen molar-refractivity contribution in [1.82, 2.24) is 4.98 Å². The van der Waals surface area contributed by atoms with E-state index in [0.717, 1.165) is 6.29 Å². The largest absolute Gasteiger partial charge is 0.475 e. The molecule has 1 rings (SSSR count). The lowest BCUT2D eigenvalue weighted by Gasteiger charge is -2.07. The molecule has 0 aliphatic carbocycles. The normalized spacial score (nSPS) is 9.92. The number of aromatic nitrogens is 1. The summed E-state index contributed by atoms with van der Waals surface area (Å²) in [7, 11) is 0. The quantitative estimate of drug-likeness (QED) is 0.639. The average Bonchev–Trinajstić information content (AvgIpc) is 2.03. The summed E-state index contributed by atoms with van der Waals surface area (Å²) in [5.41, 5.74) is 0.584. The maximum absolute atomic E-state index is 10.4. The van der Waals surface area contributed by atoms with Crippen molar-refractivity contribution in [3.63, 3.8) is 0 Å². The van der Waals surface area contributed by atoms with E-state index >= 15 is 0 Å². The Balaban J connectivity index is 2.79. The number of carbonyl (C=O) groups is 1. The summed E-state index contributed by atoms with van der Waals surface area (Å²) in [5.74, 6) is 0.495. The van der Waals surface area contributed by atoms with Crippen LogP contribution in [0.3, 0.4) is 0 Å². The molecule has 1 aromatic heterocycles. The molecule has 3 nitrogen and oxygen atoms in total. The Morgan fingerprint density at radius 3 is 2.92 bits per heavy atom. The summed E-state index contributed by atoms with van der Waals surface area (Å²) in [4.78, 5) is 14.3. The molecule has 1 heterocycles. The Hall–Kier alpha value is -1.38. The number of carbonyl (C=O) groups excluding carboxylic acids is 1. The molecule has 0 aliphatic rings. The van der Waals surface area contributed by atoms with Crippen molar-refractivity contribution >= 4 is 6.29 Å². The van der Waals surface area contributed by atoms with E-state index in [2.05, 4.69) is 4.98 Å². The predicted molar refractivity (Wildman–Crippen MR) is 45.4 cm³/mol. The molecule has 0 aromatic carbocycles. The van der Waals surface area contributed by atoms with Crippen molar-refractivity contribution in [2.75, 3.05) is 0 Å². The van der Waals surface area contributed by atoms with Gasteiger partial charge in [0, 0.05) is 17.8 Å². The van der Waals surface area contributed by atoms with Gasteiger partial charge in [0.2, 0.25) is 5.88 Å². The molecule has 64 valence electrons. The molecule has 1 aromatic rings. The van der Waals surface area contributed by atoms with Crippen LogP contribution in [-0.4, -0.2) is 17.4 Å². The van der Waals surface area contributed by atoms with Crippen LogP contribution in [0.2, 0.25) is 0 Å². The Bertz CT molecular complexity index is 271. The van der Waals surface area contributed by atoms with E-state index in [4.69, 9.17) is 4.74 Å². The molecule has 3 heteroatoms. The van der Waals surface area contributed by atoms with Gasteiger partial charge in [-0.15, -0.1) is 0 Å². The van der Waals surface area contributed by atoms with Crippen molar-refractivity contribution in [2.24, 2.45) is 0 Å². The Kier molecular flexibility index (Phi) is 2.80. The summed E-state index contributed by atoms with van der Waals surface area (Å²) in [6.07, 6.45) is 2.41. The third kappa shape index (κ3) is 2.34. The van der Waals surface area contributed by atoms with Crippen molar-refractivity contribution in [3.05, 3.63) is 23.9 Å². The number of rotatable bonds is 3. The van der Waals surface area contributed by atoms with Crippen LogP contribution in [0.15, 0.2) is 18.3 Å². The molecule has 0 saturated heterocycles. The van der Waals surface area contributed by atoms with Crippen LogP contribution >= 0.6 is 0 Å². The first-order chi connectivity index (χ1) is 5.72. The van der Waals surface area contributed by atoms with Gasteiger partial charge < -0.3 is 4.74 Å². The van der Waals surface area contributed by atoms with Gasteiger partial charge in [-0.25, -0.2) is 4.98 Å². The lowest BCUT2D eigenvalue weighted by molar-refractivity contribution is 0.112. The number of pyridine rings is 1. The highest BCUT2D eigenvalue weighted by Crippen LogP contribution is 2.08. The summed E-state index contributed by atoms with van der Waals surface area (Å²) >= 11 is 0. The number of ether oxygens (including phenoxy) is 1. The second kappa shape index (κ2) is 3.85. The van der Waals surface area contributed by atoms with Gasteiger partial charge in [0.15, 0.2) is 0 Å². The first kappa shape index (κ1) is 8.71. The lowest BCUT2D eigenvalue weighted by Crippen LogP contribution is -2.06. The summed E-state index contributed by atoms with van der Waals surface area (Å²) in [5, 5.41) is 0. The minimum Gasteiger partial charge on any atom is -0.475 e. The summed E-state index contributed by atoms with van der Waals surface area (Å²) in [6.45, 7) is 3.82. The molecular formula is C9H11NO2. The van der Waals surface area contributed by atoms with E-state index < -0.39 is 0 Å². The number of aldehydes is 1. The zero-order valence-corrected chi connectivity index (χ0v) is 7.15. The SMILES string of the molecule is CC(C)Oc1cc(C=O)ccn1. The van der Waals surface area contributed by atoms with Crippen LogP contribution in [0, 0.1) is 0 Å². The second-order valence-electron chi connectivity index (χ2n) is 2.71. The molecule has 0 amide bonds. The van der Waals surface area contributed by atoms with Crippen molar-refractivity contribution in [2.45, 2.75) is 20.0 Å². The third-order valence-corrected chi connectivity index (χ3v) is 1.25. The van der Waals surface area contributed by atoms with E-state index in [1.165, 1.54) is 0 Å². The van der Waals surface area contributed by atoms with Crippen molar-refractivity contribution < 1.29 is 9.53 Å². The fraction of sp³-hybridized carbons (Fsp3) is 0.333. The van der Waals surface area contributed by atoms with Crippen LogP contribution in [0.25, 0.3) is 0 Å². The van der Waals surface area contributed by atoms with Gasteiger partial charge >= 0.3 is 0 Å². The molecule has 0 aliphatic heterocycles. The standard InChI is InChI=1S/C9H11NO2/c1-7(2)12-9-5-8(6-11)3-4-10-9/h3-7H,1-2H3. The van der Waals surface area contributed by atoms with Gasteiger partial charge in [0.25, 0.3) is 0 Å². The van der Waals surface area contributed by atoms with Gasteiger partial charge in [-0.05, 0) is 19.9 Å². The van der Waals surface area contributed by atoms with Crippen LogP contribution in [0.4, 0.5) is 0 Å². The fourth-order valence-corrected chi connectivity index (χ4v) is 0.804. The van der Waals surface area contributed by atoms with Crippen LogP contribution in [0.5, 0.6) is 5.88 Å². The minimum absolute atomic E-state index is 0.0828. The van der Waals surface area contributed by atoms with Gasteiger partial charge in [-0.2, -0.15) is 0 Å². The first-order valence-corrected chi connectivity index (χ1v) is 3.80. The molecule has 0 spiro atoms. The molecule has 0 N–H and O–H groups in total. The Morgan fingerprint density at radius 1 is 1.58 bits per heavy atom. The van der Waals surface area contributed by atoms with E-state index in [0.29, 0.717) is 11.4 Å². The molecule has 12 heavy (non-hydrogen) atoms. The molecular weight excluding hydrogens is 154 g/mol. The molecule has 0 radical (unpaired) electrons. The van der Waals surface area contributed by atoms with Crippen LogP contribution in [-0.2, 0) is 0 Å². The monoisotopic (exact) mass is 165 g/mol. The van der Waals surface area contributed by atoms with Crippen molar-refractivity contribution in [1.29, 1.82) is 0 Å². The number of hydrogen-bond donors (Lipinski definition) is 0. The van der Waals surface area contributed by atoms with Gasteiger partial charge in [-0.3, -0.25) is 4.79 Å². The van der Waals surface area contributed by atoms with Crippen LogP contribution < -0.4 is 4.74 Å². The zero-order valence-electron chi connectivity index (χ0n) is 7.15. The predicted octanol–water partition coefficient (Wildman–Crippen LogP) is 1.68. The van der Waals surface area contributed by atoms with E-state index in [-0.39, 0.29) is 6.10 Å². The highest BCUT2D eigenvalue weighted by atomic mass is 16.5. The van der Waals surface area contributed by atoms with Crippen molar-refractivity contribution in [3.8, 4) is 5.88 Å². The minimum atomic E-state index is 0.0828. The fourth-order valence-electron chi connectivity index (χ4n) is 0.804. The first-order valence-electron chi connectivity index (χ1n) is 3.80. The molecule has 0 bridgehead atoms. The average molecular weight is 165 g/mol. The summed E-state index contributed by atoms with van der Waals surface area (Å²) in [6, 6.07) is 3.26. The Morgan fingerprint density at radius 2 is 2.33 bits per heavy atom. The van der Waals surface area contributed by atoms with E-state index in [1.807, 2.05) is 13.8 Å². The van der Waals surface area contributed by atoms with Crippen LogP contribution in [0.1, 0.15) is 24.2 Å². The van der Waals surface area contributed by atoms with E-state index in [1.54, 1.807) is 18.3 Å². The Labute approximate surface area is 71.4 Å². The zero-order chi connectivity index (χ0) is 8.97. The van der Waals surface area contributed by atoms with Gasteiger partial charge in [0.05, 0.1) is 6.10 Å². The summed E-state index contributed by atoms with van der Waals surface area (Å²) < 4.78 is 5.29. The smallest absolute Gasteiger partial charge is 0.214 e. The molecule has 0 atom stereocenters. The highest BCUT2D eigenvalue weighted by Gasteiger charge is 1.99. The topological polar surface area (TPSA) is 39.2 Å². The lowest BCUT2D eigenvalue weighted by atomic mass is 10.3. The molecule has 0 unspecified atom stereocenters. The van der Waals surface area contributed by atoms with Gasteiger partial charge in [0.1, 0.15) is 6.29 Å². The number of nitrogens with zero attached hydrogens (tertiary/aromatic N) is 1. The maximum atomic E-state index is 10.4. The van der Waals surface area contributed by atoms with E-state index in [9.17, 15) is 4.79 Å². The maximum Gasteiger partial charge on any atom is 0.214 e. The second-order valence-corrected chi connectivity index (χ2v) is 2.71. The van der Waals surface area contributed by atoms with Gasteiger partial charge in [-0.1, -0.05) is 0 Å². The number of hydrogen-bond acceptors (Lipinski definition) is 3. The third-order valence-electron chi connectivity index (χ3n) is 1.25.